The van der Waals surface area contributed by atoms with Crippen LogP contribution in [0.2, 0.25) is 0 Å². The van der Waals surface area contributed by atoms with Crippen LogP contribution >= 0.6 is 0 Å². The maximum atomic E-state index is 10.3. The number of hydrogen-bond donors (Lipinski definition) is 4. The summed E-state index contributed by atoms with van der Waals surface area (Å²) in [5, 5.41) is 18.9. The SMILES string of the molecule is CC1CC(CNS(=O)O)C(O)C1O. The van der Waals surface area contributed by atoms with Gasteiger partial charge in [-0.3, -0.25) is 4.55 Å². The highest BCUT2D eigenvalue weighted by atomic mass is 32.2. The van der Waals surface area contributed by atoms with Gasteiger partial charge in [0.15, 0.2) is 0 Å². The molecule has 13 heavy (non-hydrogen) atoms. The molecule has 5 unspecified atom stereocenters. The lowest BCUT2D eigenvalue weighted by molar-refractivity contribution is 0.00775. The van der Waals surface area contributed by atoms with Crippen LogP contribution in [0.4, 0.5) is 0 Å². The van der Waals surface area contributed by atoms with Gasteiger partial charge in [-0.25, -0.2) is 8.93 Å². The molecule has 0 bridgehead atoms. The van der Waals surface area contributed by atoms with Gasteiger partial charge < -0.3 is 10.2 Å². The lowest BCUT2D eigenvalue weighted by atomic mass is 10.1. The summed E-state index contributed by atoms with van der Waals surface area (Å²) in [5.74, 6) is -0.0879. The first kappa shape index (κ1) is 11.1. The van der Waals surface area contributed by atoms with Crippen molar-refractivity contribution in [1.82, 2.24) is 4.72 Å². The molecule has 5 atom stereocenters. The summed E-state index contributed by atoms with van der Waals surface area (Å²) < 4.78 is 21.0. The third kappa shape index (κ3) is 2.72. The molecule has 1 fully saturated rings. The van der Waals surface area contributed by atoms with Gasteiger partial charge in [0, 0.05) is 12.5 Å². The molecule has 78 valence electrons. The Morgan fingerprint density at radius 2 is 2.08 bits per heavy atom. The van der Waals surface area contributed by atoms with Crippen molar-refractivity contribution in [3.05, 3.63) is 0 Å². The van der Waals surface area contributed by atoms with E-state index in [4.69, 9.17) is 4.55 Å². The van der Waals surface area contributed by atoms with E-state index in [0.29, 0.717) is 6.42 Å². The van der Waals surface area contributed by atoms with Crippen molar-refractivity contribution in [3.8, 4) is 0 Å². The Hall–Kier alpha value is -0.0100. The van der Waals surface area contributed by atoms with Crippen LogP contribution in [-0.4, -0.2) is 37.7 Å². The molecular formula is C7H15NO4S. The third-order valence-electron chi connectivity index (χ3n) is 2.56. The first-order valence-electron chi connectivity index (χ1n) is 4.23. The molecule has 0 radical (unpaired) electrons. The predicted octanol–water partition coefficient (Wildman–Crippen LogP) is -0.909. The van der Waals surface area contributed by atoms with E-state index in [1.54, 1.807) is 0 Å². The Morgan fingerprint density at radius 1 is 1.46 bits per heavy atom. The van der Waals surface area contributed by atoms with E-state index >= 15 is 0 Å². The first-order chi connectivity index (χ1) is 6.02. The van der Waals surface area contributed by atoms with Crippen molar-refractivity contribution >= 4 is 11.3 Å². The number of hydrogen-bond acceptors (Lipinski definition) is 3. The van der Waals surface area contributed by atoms with Crippen molar-refractivity contribution in [1.29, 1.82) is 0 Å². The summed E-state index contributed by atoms with van der Waals surface area (Å²) in [7, 11) is 0. The molecule has 0 saturated heterocycles. The minimum atomic E-state index is -2.04. The second-order valence-electron chi connectivity index (χ2n) is 3.55. The normalized spacial score (nSPS) is 42.2. The molecule has 5 nitrogen and oxygen atoms in total. The van der Waals surface area contributed by atoms with Gasteiger partial charge in [0.25, 0.3) is 0 Å². The van der Waals surface area contributed by atoms with Crippen LogP contribution in [-0.2, 0) is 11.3 Å². The summed E-state index contributed by atoms with van der Waals surface area (Å²) in [5.41, 5.74) is 0. The maximum Gasteiger partial charge on any atom is 0.231 e. The van der Waals surface area contributed by atoms with Gasteiger partial charge >= 0.3 is 0 Å². The zero-order valence-corrected chi connectivity index (χ0v) is 8.20. The molecule has 0 amide bonds. The molecule has 0 spiro atoms. The fourth-order valence-electron chi connectivity index (χ4n) is 1.75. The van der Waals surface area contributed by atoms with Crippen LogP contribution in [0.25, 0.3) is 0 Å². The van der Waals surface area contributed by atoms with Gasteiger partial charge in [0.2, 0.25) is 11.3 Å². The zero-order chi connectivity index (χ0) is 10.0. The van der Waals surface area contributed by atoms with Gasteiger partial charge in [0.05, 0.1) is 12.2 Å². The van der Waals surface area contributed by atoms with Crippen molar-refractivity contribution in [3.63, 3.8) is 0 Å². The lowest BCUT2D eigenvalue weighted by Gasteiger charge is -2.15. The number of rotatable bonds is 3. The Balaban J connectivity index is 2.40. The molecule has 0 aromatic rings. The quantitative estimate of drug-likeness (QED) is 0.453. The maximum absolute atomic E-state index is 10.3. The fraction of sp³-hybridized carbons (Fsp3) is 1.00. The lowest BCUT2D eigenvalue weighted by Crippen LogP contribution is -2.33. The molecule has 1 rings (SSSR count). The monoisotopic (exact) mass is 209 g/mol. The number of nitrogens with one attached hydrogen (secondary N) is 1. The average molecular weight is 209 g/mol. The Morgan fingerprint density at radius 3 is 2.46 bits per heavy atom. The van der Waals surface area contributed by atoms with Gasteiger partial charge in [-0.2, -0.15) is 0 Å². The van der Waals surface area contributed by atoms with E-state index in [1.807, 2.05) is 6.92 Å². The minimum Gasteiger partial charge on any atom is -0.390 e. The second kappa shape index (κ2) is 4.47. The molecule has 0 aromatic heterocycles. The van der Waals surface area contributed by atoms with E-state index in [1.165, 1.54) is 0 Å². The van der Waals surface area contributed by atoms with Crippen molar-refractivity contribution in [2.24, 2.45) is 11.8 Å². The van der Waals surface area contributed by atoms with Crippen LogP contribution in [0.15, 0.2) is 0 Å². The van der Waals surface area contributed by atoms with Crippen LogP contribution in [0.1, 0.15) is 13.3 Å². The molecule has 4 N–H and O–H groups in total. The van der Waals surface area contributed by atoms with Crippen LogP contribution < -0.4 is 4.72 Å². The van der Waals surface area contributed by atoms with Gasteiger partial charge in [0.1, 0.15) is 0 Å². The largest absolute Gasteiger partial charge is 0.390 e. The van der Waals surface area contributed by atoms with E-state index in [9.17, 15) is 14.4 Å². The van der Waals surface area contributed by atoms with Crippen LogP contribution in [0.5, 0.6) is 0 Å². The van der Waals surface area contributed by atoms with Crippen molar-refractivity contribution in [2.75, 3.05) is 6.54 Å². The summed E-state index contributed by atoms with van der Waals surface area (Å²) in [6.45, 7) is 2.11. The molecule has 1 saturated carbocycles. The van der Waals surface area contributed by atoms with Crippen molar-refractivity contribution in [2.45, 2.75) is 25.6 Å². The highest BCUT2D eigenvalue weighted by Crippen LogP contribution is 2.30. The number of aliphatic hydroxyl groups excluding tert-OH is 2. The smallest absolute Gasteiger partial charge is 0.231 e. The van der Waals surface area contributed by atoms with E-state index < -0.39 is 23.5 Å². The summed E-state index contributed by atoms with van der Waals surface area (Å²) in [4.78, 5) is 0. The third-order valence-corrected chi connectivity index (χ3v) is 2.97. The minimum absolute atomic E-state index is 0.0499. The molecule has 0 aromatic carbocycles. The molecular weight excluding hydrogens is 194 g/mol. The van der Waals surface area contributed by atoms with Gasteiger partial charge in [-0.15, -0.1) is 0 Å². The van der Waals surface area contributed by atoms with E-state index in [-0.39, 0.29) is 18.4 Å². The zero-order valence-electron chi connectivity index (χ0n) is 7.38. The molecule has 6 heteroatoms. The van der Waals surface area contributed by atoms with Crippen LogP contribution in [0.3, 0.4) is 0 Å². The Bertz CT molecular complexity index is 201. The van der Waals surface area contributed by atoms with Crippen molar-refractivity contribution < 1.29 is 19.0 Å². The summed E-state index contributed by atoms with van der Waals surface area (Å²) in [6, 6.07) is 0. The van der Waals surface area contributed by atoms with E-state index in [0.717, 1.165) is 0 Å². The molecule has 0 aliphatic heterocycles. The Labute approximate surface area is 79.6 Å². The highest BCUT2D eigenvalue weighted by molar-refractivity contribution is 7.77. The molecule has 1 aliphatic rings. The Kier molecular flexibility index (Phi) is 3.81. The van der Waals surface area contributed by atoms with Crippen LogP contribution in [0, 0.1) is 11.8 Å². The van der Waals surface area contributed by atoms with Gasteiger partial charge in [-0.05, 0) is 12.3 Å². The molecule has 0 heterocycles. The first-order valence-corrected chi connectivity index (χ1v) is 5.33. The van der Waals surface area contributed by atoms with E-state index in [2.05, 4.69) is 4.72 Å². The van der Waals surface area contributed by atoms with Gasteiger partial charge in [-0.1, -0.05) is 6.92 Å². The second-order valence-corrected chi connectivity index (χ2v) is 4.34. The number of aliphatic hydroxyl groups is 2. The summed E-state index contributed by atoms with van der Waals surface area (Å²) in [6.07, 6.45) is -0.822. The highest BCUT2D eigenvalue weighted by Gasteiger charge is 2.38. The average Bonchev–Trinajstić information content (AvgIpc) is 2.29. The predicted molar refractivity (Wildman–Crippen MR) is 48.1 cm³/mol. The molecule has 1 aliphatic carbocycles. The fourth-order valence-corrected chi connectivity index (χ4v) is 2.11. The topological polar surface area (TPSA) is 89.8 Å². The summed E-state index contributed by atoms with van der Waals surface area (Å²) >= 11 is -2.04. The standard InChI is InChI=1S/C7H15NO4S/c1-4-2-5(3-8-13(11)12)7(10)6(4)9/h4-10H,2-3H2,1H3,(H,11,12).